The van der Waals surface area contributed by atoms with Crippen molar-refractivity contribution in [3.05, 3.63) is 0 Å². The van der Waals surface area contributed by atoms with Crippen molar-refractivity contribution in [1.82, 2.24) is 4.90 Å². The highest BCUT2D eigenvalue weighted by Gasteiger charge is 2.49. The fraction of sp³-hybridized carbons (Fsp3) is 0.769. The number of nitrogens with zero attached hydrogens (tertiary/aromatic N) is 1. The summed E-state index contributed by atoms with van der Waals surface area (Å²) in [5.41, 5.74) is -0.483. The highest BCUT2D eigenvalue weighted by atomic mass is 16.4. The van der Waals surface area contributed by atoms with Crippen LogP contribution in [-0.4, -0.2) is 40.8 Å². The van der Waals surface area contributed by atoms with Crippen LogP contribution in [0.25, 0.3) is 0 Å². The number of carbonyl (C=O) groups is 3. The lowest BCUT2D eigenvalue weighted by Gasteiger charge is -2.25. The molecule has 2 atom stereocenters. The maximum Gasteiger partial charge on any atom is 0.307 e. The Labute approximate surface area is 107 Å². The maximum absolute atomic E-state index is 12.0. The number of amides is 1. The van der Waals surface area contributed by atoms with Crippen LogP contribution in [0.2, 0.25) is 0 Å². The van der Waals surface area contributed by atoms with E-state index in [1.165, 1.54) is 4.90 Å². The van der Waals surface area contributed by atoms with Gasteiger partial charge in [0.15, 0.2) is 5.78 Å². The molecule has 0 aromatic rings. The third kappa shape index (κ3) is 3.31. The van der Waals surface area contributed by atoms with Crippen molar-refractivity contribution in [3.63, 3.8) is 0 Å². The Morgan fingerprint density at radius 2 is 1.78 bits per heavy atom. The van der Waals surface area contributed by atoms with E-state index in [-0.39, 0.29) is 18.2 Å². The molecule has 1 amide bonds. The Morgan fingerprint density at radius 3 is 2.11 bits per heavy atom. The largest absolute Gasteiger partial charge is 0.481 e. The standard InChI is InChI=1S/C13H21NO4/c1-5-14(7-10(15)13(2,3)4)11(16)8-6-9(8)12(17)18/h8-9H,5-7H2,1-4H3,(H,17,18). The Hall–Kier alpha value is -1.39. The molecule has 102 valence electrons. The average Bonchev–Trinajstić information content (AvgIpc) is 3.02. The van der Waals surface area contributed by atoms with Gasteiger partial charge in [0.25, 0.3) is 0 Å². The lowest BCUT2D eigenvalue weighted by atomic mass is 9.90. The van der Waals surface area contributed by atoms with Crippen molar-refractivity contribution < 1.29 is 19.5 Å². The van der Waals surface area contributed by atoms with Crippen molar-refractivity contribution in [2.45, 2.75) is 34.1 Å². The normalized spacial score (nSPS) is 22.4. The Balaban J connectivity index is 2.60. The number of rotatable bonds is 5. The molecule has 18 heavy (non-hydrogen) atoms. The van der Waals surface area contributed by atoms with Crippen LogP contribution in [0.1, 0.15) is 34.1 Å². The van der Waals surface area contributed by atoms with Gasteiger partial charge in [-0.25, -0.2) is 0 Å². The van der Waals surface area contributed by atoms with Gasteiger partial charge in [-0.1, -0.05) is 20.8 Å². The molecule has 0 aromatic heterocycles. The number of hydrogen-bond donors (Lipinski definition) is 1. The second-order valence-corrected chi connectivity index (χ2v) is 5.81. The van der Waals surface area contributed by atoms with Crippen molar-refractivity contribution in [1.29, 1.82) is 0 Å². The molecule has 0 heterocycles. The van der Waals surface area contributed by atoms with Crippen molar-refractivity contribution in [3.8, 4) is 0 Å². The van der Waals surface area contributed by atoms with Crippen LogP contribution < -0.4 is 0 Å². The summed E-state index contributed by atoms with van der Waals surface area (Å²) in [6.07, 6.45) is 0.397. The van der Waals surface area contributed by atoms with E-state index in [1.54, 1.807) is 6.92 Å². The predicted octanol–water partition coefficient (Wildman–Crippen LogP) is 1.17. The molecule has 0 radical (unpaired) electrons. The number of likely N-dealkylation sites (N-methyl/N-ethyl adjacent to an activating group) is 1. The maximum atomic E-state index is 12.0. The molecule has 1 N–H and O–H groups in total. The summed E-state index contributed by atoms with van der Waals surface area (Å²) in [5, 5.41) is 8.80. The first-order valence-electron chi connectivity index (χ1n) is 6.23. The summed E-state index contributed by atoms with van der Waals surface area (Å²) in [5.74, 6) is -2.13. The second kappa shape index (κ2) is 5.08. The first kappa shape index (κ1) is 14.7. The van der Waals surface area contributed by atoms with Crippen LogP contribution in [-0.2, 0) is 14.4 Å². The number of aliphatic carboxylic acids is 1. The van der Waals surface area contributed by atoms with E-state index in [2.05, 4.69) is 0 Å². The minimum Gasteiger partial charge on any atom is -0.481 e. The highest BCUT2D eigenvalue weighted by Crippen LogP contribution is 2.40. The summed E-state index contributed by atoms with van der Waals surface area (Å²) in [6, 6.07) is 0. The molecule has 0 saturated heterocycles. The van der Waals surface area contributed by atoms with E-state index in [1.807, 2.05) is 20.8 Å². The Morgan fingerprint density at radius 1 is 1.22 bits per heavy atom. The Bertz CT molecular complexity index is 370. The van der Waals surface area contributed by atoms with Gasteiger partial charge in [0.05, 0.1) is 18.4 Å². The fourth-order valence-electron chi connectivity index (χ4n) is 1.73. The molecule has 1 fully saturated rings. The molecule has 0 aromatic carbocycles. The van der Waals surface area contributed by atoms with Crippen molar-refractivity contribution >= 4 is 17.7 Å². The molecule has 1 aliphatic carbocycles. The summed E-state index contributed by atoms with van der Waals surface area (Å²) < 4.78 is 0. The van der Waals surface area contributed by atoms with Gasteiger partial charge in [0, 0.05) is 12.0 Å². The molecular formula is C13H21NO4. The first-order chi connectivity index (χ1) is 8.18. The summed E-state index contributed by atoms with van der Waals surface area (Å²) in [4.78, 5) is 36.1. The SMILES string of the molecule is CCN(CC(=O)C(C)(C)C)C(=O)C1CC1C(=O)O. The molecule has 1 rings (SSSR count). The van der Waals surface area contributed by atoms with E-state index in [9.17, 15) is 14.4 Å². The molecule has 0 spiro atoms. The molecule has 5 heteroatoms. The zero-order valence-corrected chi connectivity index (χ0v) is 11.4. The number of ketones is 1. The number of carboxylic acid groups (broad SMARTS) is 1. The molecular weight excluding hydrogens is 234 g/mol. The predicted molar refractivity (Wildman–Crippen MR) is 65.9 cm³/mol. The minimum absolute atomic E-state index is 0.00905. The average molecular weight is 255 g/mol. The van der Waals surface area contributed by atoms with Crippen molar-refractivity contribution in [2.75, 3.05) is 13.1 Å². The Kier molecular flexibility index (Phi) is 4.14. The topological polar surface area (TPSA) is 74.7 Å². The quantitative estimate of drug-likeness (QED) is 0.800. The number of carbonyl (C=O) groups excluding carboxylic acids is 2. The molecule has 1 aliphatic rings. The van der Waals surface area contributed by atoms with Crippen LogP contribution in [0, 0.1) is 17.3 Å². The van der Waals surface area contributed by atoms with Gasteiger partial charge >= 0.3 is 5.97 Å². The van der Waals surface area contributed by atoms with E-state index in [0.29, 0.717) is 13.0 Å². The van der Waals surface area contributed by atoms with Gasteiger partial charge in [-0.2, -0.15) is 0 Å². The van der Waals surface area contributed by atoms with Crippen LogP contribution in [0.5, 0.6) is 0 Å². The van der Waals surface area contributed by atoms with E-state index < -0.39 is 23.2 Å². The van der Waals surface area contributed by atoms with E-state index >= 15 is 0 Å². The fourth-order valence-corrected chi connectivity index (χ4v) is 1.73. The van der Waals surface area contributed by atoms with Crippen LogP contribution in [0.4, 0.5) is 0 Å². The lowest BCUT2D eigenvalue weighted by Crippen LogP contribution is -2.40. The third-order valence-electron chi connectivity index (χ3n) is 3.29. The third-order valence-corrected chi connectivity index (χ3v) is 3.29. The molecule has 1 saturated carbocycles. The van der Waals surface area contributed by atoms with Gasteiger partial charge in [-0.15, -0.1) is 0 Å². The minimum atomic E-state index is -0.924. The summed E-state index contributed by atoms with van der Waals surface area (Å²) in [6.45, 7) is 7.73. The molecule has 0 aliphatic heterocycles. The summed E-state index contributed by atoms with van der Waals surface area (Å²) in [7, 11) is 0. The molecule has 2 unspecified atom stereocenters. The van der Waals surface area contributed by atoms with Crippen LogP contribution in [0.15, 0.2) is 0 Å². The second-order valence-electron chi connectivity index (χ2n) is 5.81. The zero-order valence-electron chi connectivity index (χ0n) is 11.4. The van der Waals surface area contributed by atoms with E-state index in [4.69, 9.17) is 5.11 Å². The molecule has 0 bridgehead atoms. The van der Waals surface area contributed by atoms with E-state index in [0.717, 1.165) is 0 Å². The van der Waals surface area contributed by atoms with Gasteiger partial charge in [-0.05, 0) is 13.3 Å². The number of Topliss-reactive ketones (excluding diaryl/α,β-unsaturated/α-hetero) is 1. The number of hydrogen-bond acceptors (Lipinski definition) is 3. The van der Waals surface area contributed by atoms with Gasteiger partial charge < -0.3 is 10.0 Å². The first-order valence-corrected chi connectivity index (χ1v) is 6.23. The lowest BCUT2D eigenvalue weighted by molar-refractivity contribution is -0.143. The van der Waals surface area contributed by atoms with Crippen LogP contribution >= 0.6 is 0 Å². The zero-order chi connectivity index (χ0) is 14.1. The number of carboxylic acids is 1. The van der Waals surface area contributed by atoms with Gasteiger partial charge in [0.1, 0.15) is 0 Å². The monoisotopic (exact) mass is 255 g/mol. The molecule has 5 nitrogen and oxygen atoms in total. The smallest absolute Gasteiger partial charge is 0.307 e. The van der Waals surface area contributed by atoms with Crippen LogP contribution in [0.3, 0.4) is 0 Å². The highest BCUT2D eigenvalue weighted by molar-refractivity contribution is 5.93. The van der Waals surface area contributed by atoms with Gasteiger partial charge in [0.2, 0.25) is 5.91 Å². The van der Waals surface area contributed by atoms with Crippen molar-refractivity contribution in [2.24, 2.45) is 17.3 Å². The summed E-state index contributed by atoms with van der Waals surface area (Å²) >= 11 is 0. The van der Waals surface area contributed by atoms with Gasteiger partial charge in [-0.3, -0.25) is 14.4 Å².